The van der Waals surface area contributed by atoms with E-state index in [1.807, 2.05) is 12.1 Å². The highest BCUT2D eigenvalue weighted by Crippen LogP contribution is 1.85. The van der Waals surface area contributed by atoms with Gasteiger partial charge < -0.3 is 0 Å². The van der Waals surface area contributed by atoms with E-state index in [1.54, 1.807) is 0 Å². The highest BCUT2D eigenvalue weighted by molar-refractivity contribution is 5.01. The SMILES string of the molecule is [CH2]CCC=CC#N. The minimum atomic E-state index is 0.873. The molecule has 1 nitrogen and oxygen atoms in total. The molecule has 37 valence electrons. The normalized spacial score (nSPS) is 9.14. The van der Waals surface area contributed by atoms with Gasteiger partial charge >= 0.3 is 0 Å². The summed E-state index contributed by atoms with van der Waals surface area (Å²) < 4.78 is 0. The van der Waals surface area contributed by atoms with Crippen LogP contribution in [0.3, 0.4) is 0 Å². The molecule has 1 radical (unpaired) electrons. The summed E-state index contributed by atoms with van der Waals surface area (Å²) in [4.78, 5) is 0. The van der Waals surface area contributed by atoms with Crippen LogP contribution >= 0.6 is 0 Å². The topological polar surface area (TPSA) is 23.8 Å². The first kappa shape index (κ1) is 6.23. The lowest BCUT2D eigenvalue weighted by Crippen LogP contribution is -1.57. The minimum absolute atomic E-state index is 0.873. The molecular weight excluding hydrogens is 86.1 g/mol. The van der Waals surface area contributed by atoms with Gasteiger partial charge in [0.05, 0.1) is 6.07 Å². The Morgan fingerprint density at radius 1 is 1.71 bits per heavy atom. The number of nitrogens with zero attached hydrogens (tertiary/aromatic N) is 1. The molecule has 0 atom stereocenters. The quantitative estimate of drug-likeness (QED) is 0.477. The summed E-state index contributed by atoms with van der Waals surface area (Å²) in [6.45, 7) is 3.60. The molecule has 7 heavy (non-hydrogen) atoms. The smallest absolute Gasteiger partial charge is 0.0908 e. The summed E-state index contributed by atoms with van der Waals surface area (Å²) in [6, 6.07) is 1.89. The van der Waals surface area contributed by atoms with Gasteiger partial charge in [-0.2, -0.15) is 5.26 Å². The van der Waals surface area contributed by atoms with Crippen LogP contribution in [0.15, 0.2) is 12.2 Å². The molecular formula is C6H8N. The van der Waals surface area contributed by atoms with Gasteiger partial charge in [0.25, 0.3) is 0 Å². The molecule has 0 saturated heterocycles. The van der Waals surface area contributed by atoms with Crippen molar-refractivity contribution in [1.82, 2.24) is 0 Å². The minimum Gasteiger partial charge on any atom is -0.193 e. The van der Waals surface area contributed by atoms with Crippen LogP contribution < -0.4 is 0 Å². The lowest BCUT2D eigenvalue weighted by molar-refractivity contribution is 1.05. The maximum atomic E-state index is 7.94. The summed E-state index contributed by atoms with van der Waals surface area (Å²) in [5, 5.41) is 7.94. The van der Waals surface area contributed by atoms with E-state index in [0.717, 1.165) is 12.8 Å². The molecule has 0 aliphatic carbocycles. The Balaban J connectivity index is 2.97. The van der Waals surface area contributed by atoms with Crippen molar-refractivity contribution in [2.24, 2.45) is 0 Å². The van der Waals surface area contributed by atoms with Crippen molar-refractivity contribution in [1.29, 1.82) is 5.26 Å². The molecule has 1 heteroatoms. The predicted octanol–water partition coefficient (Wildman–Crippen LogP) is 1.68. The van der Waals surface area contributed by atoms with Gasteiger partial charge in [-0.25, -0.2) is 0 Å². The van der Waals surface area contributed by atoms with Crippen LogP contribution in [0.5, 0.6) is 0 Å². The molecule has 0 aromatic rings. The van der Waals surface area contributed by atoms with Crippen LogP contribution in [0.1, 0.15) is 12.8 Å². The summed E-state index contributed by atoms with van der Waals surface area (Å²) >= 11 is 0. The van der Waals surface area contributed by atoms with Crippen molar-refractivity contribution >= 4 is 0 Å². The largest absolute Gasteiger partial charge is 0.193 e. The van der Waals surface area contributed by atoms with Gasteiger partial charge in [0.2, 0.25) is 0 Å². The fourth-order valence-electron chi connectivity index (χ4n) is 0.254. The van der Waals surface area contributed by atoms with Gasteiger partial charge in [0.1, 0.15) is 0 Å². The second-order valence-electron chi connectivity index (χ2n) is 1.17. The number of allylic oxidation sites excluding steroid dienone is 2. The van der Waals surface area contributed by atoms with Crippen LogP contribution in [0.2, 0.25) is 0 Å². The molecule has 0 saturated carbocycles. The van der Waals surface area contributed by atoms with Crippen LogP contribution in [0.25, 0.3) is 0 Å². The molecule has 0 aromatic carbocycles. The molecule has 0 amide bonds. The summed E-state index contributed by atoms with van der Waals surface area (Å²) in [6.07, 6.45) is 5.07. The third-order valence-electron chi connectivity index (χ3n) is 0.563. The first-order chi connectivity index (χ1) is 3.41. The van der Waals surface area contributed by atoms with Crippen LogP contribution in [-0.4, -0.2) is 0 Å². The van der Waals surface area contributed by atoms with Crippen molar-refractivity contribution in [3.8, 4) is 6.07 Å². The number of unbranched alkanes of at least 4 members (excludes halogenated alkanes) is 1. The Bertz CT molecular complexity index is 86.8. The van der Waals surface area contributed by atoms with E-state index < -0.39 is 0 Å². The fraction of sp³-hybridized carbons (Fsp3) is 0.333. The van der Waals surface area contributed by atoms with Crippen molar-refractivity contribution in [3.05, 3.63) is 19.1 Å². The third-order valence-corrected chi connectivity index (χ3v) is 0.563. The Morgan fingerprint density at radius 2 is 2.43 bits per heavy atom. The molecule has 0 aromatic heterocycles. The predicted molar refractivity (Wildman–Crippen MR) is 29.3 cm³/mol. The van der Waals surface area contributed by atoms with Gasteiger partial charge in [-0.3, -0.25) is 0 Å². The average Bonchev–Trinajstić information content (AvgIpc) is 1.69. The summed E-state index contributed by atoms with van der Waals surface area (Å²) in [7, 11) is 0. The highest BCUT2D eigenvalue weighted by atomic mass is 14.2. The Kier molecular flexibility index (Phi) is 4.65. The van der Waals surface area contributed by atoms with Crippen LogP contribution in [-0.2, 0) is 0 Å². The standard InChI is InChI=1S/C6H8N/c1-2-3-4-5-6-7/h4-5H,1-3H2. The van der Waals surface area contributed by atoms with Gasteiger partial charge in [0, 0.05) is 6.08 Å². The van der Waals surface area contributed by atoms with Crippen molar-refractivity contribution in [2.45, 2.75) is 12.8 Å². The Hall–Kier alpha value is -0.770. The second-order valence-corrected chi connectivity index (χ2v) is 1.17. The van der Waals surface area contributed by atoms with E-state index in [1.165, 1.54) is 6.08 Å². The summed E-state index contributed by atoms with van der Waals surface area (Å²) in [5.74, 6) is 0. The zero-order chi connectivity index (χ0) is 5.54. The van der Waals surface area contributed by atoms with E-state index in [0.29, 0.717) is 0 Å². The molecule has 0 bridgehead atoms. The van der Waals surface area contributed by atoms with Gasteiger partial charge in [-0.15, -0.1) is 0 Å². The number of hydrogen-bond donors (Lipinski definition) is 0. The molecule has 0 rings (SSSR count). The Labute approximate surface area is 44.3 Å². The molecule has 0 aliphatic heterocycles. The summed E-state index contributed by atoms with van der Waals surface area (Å²) in [5.41, 5.74) is 0. The molecule has 0 fully saturated rings. The fourth-order valence-corrected chi connectivity index (χ4v) is 0.254. The molecule has 0 aliphatic rings. The van der Waals surface area contributed by atoms with Crippen molar-refractivity contribution in [3.63, 3.8) is 0 Å². The molecule has 0 unspecified atom stereocenters. The number of rotatable bonds is 2. The van der Waals surface area contributed by atoms with Crippen molar-refractivity contribution in [2.75, 3.05) is 0 Å². The monoisotopic (exact) mass is 94.1 g/mol. The van der Waals surface area contributed by atoms with E-state index in [2.05, 4.69) is 6.92 Å². The highest BCUT2D eigenvalue weighted by Gasteiger charge is 1.67. The molecule has 0 N–H and O–H groups in total. The number of hydrogen-bond acceptors (Lipinski definition) is 1. The van der Waals surface area contributed by atoms with Crippen molar-refractivity contribution < 1.29 is 0 Å². The van der Waals surface area contributed by atoms with E-state index in [4.69, 9.17) is 5.26 Å². The van der Waals surface area contributed by atoms with Crippen LogP contribution in [0, 0.1) is 18.3 Å². The molecule has 0 spiro atoms. The lowest BCUT2D eigenvalue weighted by Gasteiger charge is -1.75. The van der Waals surface area contributed by atoms with E-state index >= 15 is 0 Å². The maximum Gasteiger partial charge on any atom is 0.0908 e. The van der Waals surface area contributed by atoms with Gasteiger partial charge in [-0.1, -0.05) is 13.0 Å². The van der Waals surface area contributed by atoms with Crippen LogP contribution in [0.4, 0.5) is 0 Å². The average molecular weight is 94.1 g/mol. The number of nitriles is 1. The lowest BCUT2D eigenvalue weighted by atomic mass is 10.3. The maximum absolute atomic E-state index is 7.94. The third kappa shape index (κ3) is 5.23. The zero-order valence-corrected chi connectivity index (χ0v) is 4.22. The first-order valence-electron chi connectivity index (χ1n) is 2.25. The second kappa shape index (κ2) is 5.23. The van der Waals surface area contributed by atoms with Gasteiger partial charge in [-0.05, 0) is 12.8 Å². The Morgan fingerprint density at radius 3 is 2.86 bits per heavy atom. The van der Waals surface area contributed by atoms with Gasteiger partial charge in [0.15, 0.2) is 0 Å². The van der Waals surface area contributed by atoms with E-state index in [-0.39, 0.29) is 0 Å². The zero-order valence-electron chi connectivity index (χ0n) is 4.22. The molecule has 0 heterocycles. The van der Waals surface area contributed by atoms with E-state index in [9.17, 15) is 0 Å². The first-order valence-corrected chi connectivity index (χ1v) is 2.25.